The zero-order valence-electron chi connectivity index (χ0n) is 31.9. The molecule has 1 N–H and O–H groups in total. The number of phenols is 1. The third-order valence-corrected chi connectivity index (χ3v) is 10.9. The molecule has 5 aromatic carbocycles. The van der Waals surface area contributed by atoms with Crippen LogP contribution < -0.4 is 0 Å². The minimum absolute atomic E-state index is 0.0199. The van der Waals surface area contributed by atoms with E-state index in [0.717, 1.165) is 67.0 Å². The Bertz CT molecular complexity index is 2880. The molecule has 9 aromatic rings. The molecule has 0 aliphatic rings. The predicted molar refractivity (Wildman–Crippen MR) is 225 cm³/mol. The molecule has 5 nitrogen and oxygen atoms in total. The summed E-state index contributed by atoms with van der Waals surface area (Å²) in [6, 6.07) is 45.0. The molecule has 4 heterocycles. The number of fused-ring (bicyclic) bond motifs is 6. The maximum Gasteiger partial charge on any atom is 0.138 e. The van der Waals surface area contributed by atoms with Crippen LogP contribution in [0.2, 0.25) is 0 Å². The Kier molecular flexibility index (Phi) is 7.58. The van der Waals surface area contributed by atoms with Gasteiger partial charge in [0.15, 0.2) is 0 Å². The molecule has 0 bridgehead atoms. The molecule has 0 radical (unpaired) electrons. The zero-order chi connectivity index (χ0) is 37.5. The third-order valence-electron chi connectivity index (χ3n) is 10.9. The number of aromatic nitrogens is 4. The summed E-state index contributed by atoms with van der Waals surface area (Å²) < 4.78 is 4.59. The second kappa shape index (κ2) is 12.2. The molecule has 0 aliphatic carbocycles. The van der Waals surface area contributed by atoms with Crippen molar-refractivity contribution in [1.82, 2.24) is 19.1 Å². The maximum absolute atomic E-state index is 11.4. The van der Waals surface area contributed by atoms with E-state index in [1.165, 1.54) is 27.3 Å². The lowest BCUT2D eigenvalue weighted by molar-refractivity contribution is 0.473. The van der Waals surface area contributed by atoms with Gasteiger partial charge in [0.25, 0.3) is 0 Å². The molecule has 54 heavy (non-hydrogen) atoms. The molecule has 266 valence electrons. The van der Waals surface area contributed by atoms with E-state index in [2.05, 4.69) is 154 Å². The van der Waals surface area contributed by atoms with E-state index >= 15 is 0 Å². The second-order valence-corrected chi connectivity index (χ2v) is 16.6. The van der Waals surface area contributed by atoms with Gasteiger partial charge in [-0.3, -0.25) is 9.55 Å². The van der Waals surface area contributed by atoms with Crippen LogP contribution in [0.4, 0.5) is 0 Å². The molecule has 4 aromatic heterocycles. The number of pyridine rings is 2. The number of hydrogen-bond donors (Lipinski definition) is 1. The van der Waals surface area contributed by atoms with Crippen molar-refractivity contribution in [3.05, 3.63) is 150 Å². The fourth-order valence-electron chi connectivity index (χ4n) is 8.09. The average molecular weight is 705 g/mol. The Hall–Kier alpha value is -6.20. The van der Waals surface area contributed by atoms with Crippen LogP contribution in [-0.4, -0.2) is 24.2 Å². The van der Waals surface area contributed by atoms with Gasteiger partial charge >= 0.3 is 0 Å². The van der Waals surface area contributed by atoms with Crippen LogP contribution in [0.3, 0.4) is 0 Å². The summed E-state index contributed by atoms with van der Waals surface area (Å²) in [6.45, 7) is 15.5. The van der Waals surface area contributed by atoms with E-state index in [9.17, 15) is 5.11 Å². The number of phenolic OH excluding ortho intramolecular Hbond substituents is 1. The monoisotopic (exact) mass is 704 g/mol. The van der Waals surface area contributed by atoms with Crippen LogP contribution in [-0.2, 0) is 10.8 Å². The summed E-state index contributed by atoms with van der Waals surface area (Å²) in [6.07, 6.45) is 1.88. The summed E-state index contributed by atoms with van der Waals surface area (Å²) in [5, 5.41) is 16.2. The molecule has 0 spiro atoms. The average Bonchev–Trinajstić information content (AvgIpc) is 3.67. The highest BCUT2D eigenvalue weighted by molar-refractivity contribution is 6.11. The minimum Gasteiger partial charge on any atom is -0.507 e. The smallest absolute Gasteiger partial charge is 0.138 e. The number of hydrogen-bond acceptors (Lipinski definition) is 3. The van der Waals surface area contributed by atoms with Gasteiger partial charge in [-0.05, 0) is 101 Å². The number of benzene rings is 5. The molecule has 0 fully saturated rings. The van der Waals surface area contributed by atoms with E-state index in [1.807, 2.05) is 37.4 Å². The largest absolute Gasteiger partial charge is 0.507 e. The molecule has 0 aliphatic heterocycles. The van der Waals surface area contributed by atoms with Gasteiger partial charge in [0, 0.05) is 39.0 Å². The quantitative estimate of drug-likeness (QED) is 0.198. The normalized spacial score (nSPS) is 12.4. The molecule has 0 amide bonds. The molecule has 9 rings (SSSR count). The number of para-hydroxylation sites is 3. The van der Waals surface area contributed by atoms with Crippen molar-refractivity contribution in [1.29, 1.82) is 0 Å². The van der Waals surface area contributed by atoms with Crippen molar-refractivity contribution < 1.29 is 5.11 Å². The van der Waals surface area contributed by atoms with Gasteiger partial charge in [-0.25, -0.2) is 4.98 Å². The van der Waals surface area contributed by atoms with Crippen molar-refractivity contribution in [3.8, 4) is 39.8 Å². The first-order valence-electron chi connectivity index (χ1n) is 18.7. The van der Waals surface area contributed by atoms with E-state index in [4.69, 9.17) is 9.97 Å². The summed E-state index contributed by atoms with van der Waals surface area (Å²) in [4.78, 5) is 10.2. The molecule has 0 atom stereocenters. The first kappa shape index (κ1) is 33.6. The first-order chi connectivity index (χ1) is 25.9. The van der Waals surface area contributed by atoms with Gasteiger partial charge in [0.2, 0.25) is 0 Å². The van der Waals surface area contributed by atoms with E-state index in [0.29, 0.717) is 5.75 Å². The maximum atomic E-state index is 11.4. The Balaban J connectivity index is 1.28. The van der Waals surface area contributed by atoms with Gasteiger partial charge in [0.1, 0.15) is 11.6 Å². The highest BCUT2D eigenvalue weighted by atomic mass is 16.3. The van der Waals surface area contributed by atoms with Crippen molar-refractivity contribution in [3.63, 3.8) is 0 Å². The van der Waals surface area contributed by atoms with Crippen LogP contribution >= 0.6 is 0 Å². The highest BCUT2D eigenvalue weighted by Crippen LogP contribution is 2.44. The summed E-state index contributed by atoms with van der Waals surface area (Å²) in [7, 11) is 0. The van der Waals surface area contributed by atoms with Gasteiger partial charge in [-0.2, -0.15) is 0 Å². The Morgan fingerprint density at radius 3 is 1.89 bits per heavy atom. The summed E-state index contributed by atoms with van der Waals surface area (Å²) in [5.74, 6) is 1.12. The topological polar surface area (TPSA) is 55.9 Å². The third kappa shape index (κ3) is 5.37. The van der Waals surface area contributed by atoms with E-state index in [-0.39, 0.29) is 10.8 Å². The van der Waals surface area contributed by atoms with Crippen LogP contribution in [0.25, 0.3) is 77.6 Å². The predicted octanol–water partition coefficient (Wildman–Crippen LogP) is 12.6. The fraction of sp³-hybridized carbons (Fsp3) is 0.184. The van der Waals surface area contributed by atoms with Crippen molar-refractivity contribution in [2.45, 2.75) is 59.3 Å². The fourth-order valence-corrected chi connectivity index (χ4v) is 8.09. The highest BCUT2D eigenvalue weighted by Gasteiger charge is 2.26. The van der Waals surface area contributed by atoms with Gasteiger partial charge in [-0.1, -0.05) is 108 Å². The lowest BCUT2D eigenvalue weighted by Crippen LogP contribution is -2.13. The molecule has 0 saturated heterocycles. The number of rotatable bonds is 4. The Labute approximate surface area is 316 Å². The first-order valence-corrected chi connectivity index (χ1v) is 18.7. The second-order valence-electron chi connectivity index (χ2n) is 16.6. The minimum atomic E-state index is -0.180. The van der Waals surface area contributed by atoms with Gasteiger partial charge < -0.3 is 9.67 Å². The lowest BCUT2D eigenvalue weighted by Gasteiger charge is -2.24. The SMILES string of the molecule is Cc1cccc(-c2cc3c(cc2C(C)(C)C)c2cc(C(C)(C)C)ccc2n3-c2cccc(-c3cc(-n4c5ccccc5c5ccccc54)ccn3)n2)c1O. The molecule has 5 heteroatoms. The Morgan fingerprint density at radius 2 is 1.19 bits per heavy atom. The van der Waals surface area contributed by atoms with Crippen LogP contribution in [0.1, 0.15) is 58.2 Å². The number of aromatic hydroxyl groups is 1. The van der Waals surface area contributed by atoms with Crippen molar-refractivity contribution in [2.24, 2.45) is 0 Å². The van der Waals surface area contributed by atoms with Crippen LogP contribution in [0.5, 0.6) is 5.75 Å². The molecular weight excluding hydrogens is 661 g/mol. The van der Waals surface area contributed by atoms with E-state index in [1.54, 1.807) is 0 Å². The standard InChI is InChI=1S/C49H44N4O/c1-30-14-12-17-35(47(30)54)36-29-45-38(28-39(36)49(5,6)7)37-26-31(48(2,3)4)22-23-44(37)53(45)46-21-13-18-40(51-46)41-27-32(24-25-50-41)52-42-19-10-8-15-33(42)34-16-9-11-20-43(34)52/h8-29,54H,1-7H3. The van der Waals surface area contributed by atoms with Crippen LogP contribution in [0.15, 0.2) is 134 Å². The van der Waals surface area contributed by atoms with Crippen molar-refractivity contribution >= 4 is 43.6 Å². The molecule has 0 saturated carbocycles. The lowest BCUT2D eigenvalue weighted by atomic mass is 9.80. The van der Waals surface area contributed by atoms with Gasteiger partial charge in [0.05, 0.1) is 33.5 Å². The van der Waals surface area contributed by atoms with Gasteiger partial charge in [-0.15, -0.1) is 0 Å². The number of nitrogens with zero attached hydrogens (tertiary/aromatic N) is 4. The van der Waals surface area contributed by atoms with Crippen molar-refractivity contribution in [2.75, 3.05) is 0 Å². The Morgan fingerprint density at radius 1 is 0.519 bits per heavy atom. The summed E-state index contributed by atoms with van der Waals surface area (Å²) in [5.41, 5.74) is 12.0. The molecular formula is C49H44N4O. The van der Waals surface area contributed by atoms with Crippen LogP contribution in [0, 0.1) is 6.92 Å². The molecule has 0 unspecified atom stereocenters. The van der Waals surface area contributed by atoms with E-state index < -0.39 is 0 Å². The zero-order valence-corrected chi connectivity index (χ0v) is 31.9. The number of aryl methyl sites for hydroxylation is 1. The summed E-state index contributed by atoms with van der Waals surface area (Å²) >= 11 is 0.